The molecule has 94 valence electrons. The third kappa shape index (κ3) is 2.95. The average molecular weight is 334 g/mol. The summed E-state index contributed by atoms with van der Waals surface area (Å²) in [5.41, 5.74) is 0.359. The molecule has 0 fully saturated rings. The van der Waals surface area contributed by atoms with Crippen LogP contribution >= 0.6 is 27.5 Å². The van der Waals surface area contributed by atoms with E-state index in [-0.39, 0.29) is 23.3 Å². The Kier molecular flexibility index (Phi) is 4.11. The normalized spacial score (nSPS) is 10.4. The first kappa shape index (κ1) is 13.2. The van der Waals surface area contributed by atoms with Gasteiger partial charge in [0.2, 0.25) is 5.88 Å². The maximum absolute atomic E-state index is 13.3. The molecule has 7 heteroatoms. The number of ether oxygens (including phenoxy) is 1. The SMILES string of the molecule is OCc1cncc(Oc2cc(F)c(Cl)cc2Br)n1. The van der Waals surface area contributed by atoms with Gasteiger partial charge in [-0.25, -0.2) is 9.37 Å². The zero-order chi connectivity index (χ0) is 13.1. The first-order chi connectivity index (χ1) is 8.60. The molecule has 1 aromatic heterocycles. The fraction of sp³-hybridized carbons (Fsp3) is 0.0909. The van der Waals surface area contributed by atoms with Crippen molar-refractivity contribution in [2.75, 3.05) is 0 Å². The number of halogens is 3. The number of hydrogen-bond donors (Lipinski definition) is 1. The van der Waals surface area contributed by atoms with E-state index in [4.69, 9.17) is 21.4 Å². The van der Waals surface area contributed by atoms with E-state index in [1.54, 1.807) is 0 Å². The van der Waals surface area contributed by atoms with Crippen LogP contribution in [-0.4, -0.2) is 15.1 Å². The van der Waals surface area contributed by atoms with Crippen LogP contribution in [0.15, 0.2) is 29.0 Å². The molecule has 4 nitrogen and oxygen atoms in total. The molecule has 0 saturated heterocycles. The van der Waals surface area contributed by atoms with Gasteiger partial charge in [0.1, 0.15) is 11.6 Å². The second-order valence-electron chi connectivity index (χ2n) is 3.31. The first-order valence-corrected chi connectivity index (χ1v) is 6.01. The third-order valence-corrected chi connectivity index (χ3v) is 2.92. The summed E-state index contributed by atoms with van der Waals surface area (Å²) in [6.07, 6.45) is 2.77. The van der Waals surface area contributed by atoms with Crippen LogP contribution in [0.2, 0.25) is 5.02 Å². The van der Waals surface area contributed by atoms with Gasteiger partial charge < -0.3 is 9.84 Å². The van der Waals surface area contributed by atoms with Crippen LogP contribution in [0.4, 0.5) is 4.39 Å². The van der Waals surface area contributed by atoms with Gasteiger partial charge in [-0.15, -0.1) is 0 Å². The van der Waals surface area contributed by atoms with E-state index in [1.165, 1.54) is 18.5 Å². The Hall–Kier alpha value is -1.24. The van der Waals surface area contributed by atoms with Crippen molar-refractivity contribution in [1.82, 2.24) is 9.97 Å². The van der Waals surface area contributed by atoms with Crippen molar-refractivity contribution in [3.63, 3.8) is 0 Å². The quantitative estimate of drug-likeness (QED) is 0.876. The van der Waals surface area contributed by atoms with Crippen molar-refractivity contribution in [3.8, 4) is 11.6 Å². The number of aliphatic hydroxyl groups is 1. The molecule has 0 aliphatic rings. The van der Waals surface area contributed by atoms with Crippen molar-refractivity contribution in [3.05, 3.63) is 45.5 Å². The molecule has 2 rings (SSSR count). The lowest BCUT2D eigenvalue weighted by molar-refractivity contribution is 0.274. The number of aliphatic hydroxyl groups excluding tert-OH is 1. The van der Waals surface area contributed by atoms with Gasteiger partial charge in [-0.1, -0.05) is 11.6 Å². The second kappa shape index (κ2) is 5.60. The molecular formula is C11H7BrClFN2O2. The van der Waals surface area contributed by atoms with E-state index < -0.39 is 5.82 Å². The summed E-state index contributed by atoms with van der Waals surface area (Å²) in [4.78, 5) is 7.81. The predicted molar refractivity (Wildman–Crippen MR) is 67.1 cm³/mol. The first-order valence-electron chi connectivity index (χ1n) is 4.84. The van der Waals surface area contributed by atoms with Crippen LogP contribution in [0.1, 0.15) is 5.69 Å². The predicted octanol–water partition coefficient (Wildman–Crippen LogP) is 3.32. The number of aromatic nitrogens is 2. The highest BCUT2D eigenvalue weighted by Crippen LogP contribution is 2.32. The lowest BCUT2D eigenvalue weighted by Crippen LogP contribution is -1.95. The molecule has 0 spiro atoms. The summed E-state index contributed by atoms with van der Waals surface area (Å²) in [6, 6.07) is 2.52. The lowest BCUT2D eigenvalue weighted by atomic mass is 10.3. The van der Waals surface area contributed by atoms with Gasteiger partial charge in [-0.3, -0.25) is 4.98 Å². The summed E-state index contributed by atoms with van der Waals surface area (Å²) < 4.78 is 19.1. The van der Waals surface area contributed by atoms with Crippen LogP contribution in [0.25, 0.3) is 0 Å². The summed E-state index contributed by atoms with van der Waals surface area (Å²) in [6.45, 7) is -0.250. The number of benzene rings is 1. The Labute approximate surface area is 116 Å². The third-order valence-electron chi connectivity index (χ3n) is 2.01. The van der Waals surface area contributed by atoms with Crippen molar-refractivity contribution >= 4 is 27.5 Å². The Morgan fingerprint density at radius 1 is 1.39 bits per heavy atom. The van der Waals surface area contributed by atoms with Gasteiger partial charge in [0, 0.05) is 6.07 Å². The monoisotopic (exact) mass is 332 g/mol. The lowest BCUT2D eigenvalue weighted by Gasteiger charge is -2.08. The smallest absolute Gasteiger partial charge is 0.238 e. The number of nitrogens with zero attached hydrogens (tertiary/aromatic N) is 2. The van der Waals surface area contributed by atoms with E-state index in [0.29, 0.717) is 10.2 Å². The summed E-state index contributed by atoms with van der Waals surface area (Å²) in [7, 11) is 0. The molecule has 0 radical (unpaired) electrons. The fourth-order valence-corrected chi connectivity index (χ4v) is 1.93. The van der Waals surface area contributed by atoms with Crippen molar-refractivity contribution in [1.29, 1.82) is 0 Å². The average Bonchev–Trinajstić information content (AvgIpc) is 2.36. The van der Waals surface area contributed by atoms with Gasteiger partial charge in [0.25, 0.3) is 0 Å². The van der Waals surface area contributed by atoms with Crippen LogP contribution in [0.5, 0.6) is 11.6 Å². The van der Waals surface area contributed by atoms with Crippen molar-refractivity contribution in [2.24, 2.45) is 0 Å². The molecular weight excluding hydrogens is 326 g/mol. The molecule has 1 aromatic carbocycles. The van der Waals surface area contributed by atoms with E-state index in [9.17, 15) is 4.39 Å². The highest BCUT2D eigenvalue weighted by Gasteiger charge is 2.10. The molecule has 18 heavy (non-hydrogen) atoms. The minimum Gasteiger partial charge on any atom is -0.436 e. The Balaban J connectivity index is 2.30. The zero-order valence-electron chi connectivity index (χ0n) is 8.90. The minimum absolute atomic E-state index is 0.00980. The summed E-state index contributed by atoms with van der Waals surface area (Å²) in [5, 5.41) is 8.91. The molecule has 1 N–H and O–H groups in total. The molecule has 1 heterocycles. The van der Waals surface area contributed by atoms with E-state index >= 15 is 0 Å². The van der Waals surface area contributed by atoms with E-state index in [0.717, 1.165) is 6.07 Å². The van der Waals surface area contributed by atoms with Gasteiger partial charge in [0.05, 0.1) is 34.2 Å². The van der Waals surface area contributed by atoms with Crippen molar-refractivity contribution < 1.29 is 14.2 Å². The van der Waals surface area contributed by atoms with Crippen LogP contribution in [-0.2, 0) is 6.61 Å². The second-order valence-corrected chi connectivity index (χ2v) is 4.57. The topological polar surface area (TPSA) is 55.2 Å². The maximum Gasteiger partial charge on any atom is 0.238 e. The fourth-order valence-electron chi connectivity index (χ4n) is 1.21. The van der Waals surface area contributed by atoms with Gasteiger partial charge in [0.15, 0.2) is 0 Å². The molecule has 0 aliphatic heterocycles. The molecule has 2 aromatic rings. The summed E-state index contributed by atoms with van der Waals surface area (Å²) >= 11 is 8.82. The van der Waals surface area contributed by atoms with E-state index in [1.807, 2.05) is 0 Å². The van der Waals surface area contributed by atoms with Crippen LogP contribution < -0.4 is 4.74 Å². The van der Waals surface area contributed by atoms with Gasteiger partial charge in [-0.05, 0) is 22.0 Å². The minimum atomic E-state index is -0.596. The van der Waals surface area contributed by atoms with Crippen molar-refractivity contribution in [2.45, 2.75) is 6.61 Å². The molecule has 0 bridgehead atoms. The molecule has 0 aliphatic carbocycles. The van der Waals surface area contributed by atoms with E-state index in [2.05, 4.69) is 25.9 Å². The van der Waals surface area contributed by atoms with Gasteiger partial charge in [-0.2, -0.15) is 0 Å². The summed E-state index contributed by atoms with van der Waals surface area (Å²) in [5.74, 6) is -0.216. The molecule has 0 unspecified atom stereocenters. The largest absolute Gasteiger partial charge is 0.436 e. The Morgan fingerprint density at radius 3 is 2.89 bits per heavy atom. The number of hydrogen-bond acceptors (Lipinski definition) is 4. The molecule has 0 saturated carbocycles. The molecule has 0 amide bonds. The Morgan fingerprint density at radius 2 is 2.17 bits per heavy atom. The number of rotatable bonds is 3. The zero-order valence-corrected chi connectivity index (χ0v) is 11.2. The highest BCUT2D eigenvalue weighted by molar-refractivity contribution is 9.10. The highest BCUT2D eigenvalue weighted by atomic mass is 79.9. The van der Waals surface area contributed by atoms with Crippen LogP contribution in [0, 0.1) is 5.82 Å². The van der Waals surface area contributed by atoms with Gasteiger partial charge >= 0.3 is 0 Å². The van der Waals surface area contributed by atoms with Crippen LogP contribution in [0.3, 0.4) is 0 Å². The molecule has 0 atom stereocenters. The Bertz CT molecular complexity index is 583. The standard InChI is InChI=1S/C11H7BrClFN2O2/c12-7-1-8(13)9(14)2-10(7)18-11-4-15-3-6(5-17)16-11/h1-4,17H,5H2. The maximum atomic E-state index is 13.3.